The summed E-state index contributed by atoms with van der Waals surface area (Å²) in [6.45, 7) is 4.20. The summed E-state index contributed by atoms with van der Waals surface area (Å²) >= 11 is 0. The van der Waals surface area contributed by atoms with Gasteiger partial charge in [-0.05, 0) is 96.3 Å². The maximum Gasteiger partial charge on any atom is 0.220 e. The van der Waals surface area contributed by atoms with Crippen molar-refractivity contribution in [3.8, 4) is 0 Å². The van der Waals surface area contributed by atoms with E-state index in [4.69, 9.17) is 0 Å². The number of amides is 1. The molecule has 3 N–H and O–H groups in total. The summed E-state index contributed by atoms with van der Waals surface area (Å²) in [5.41, 5.74) is 0. The highest BCUT2D eigenvalue weighted by Gasteiger charge is 2.18. The van der Waals surface area contributed by atoms with Crippen LogP contribution in [0.15, 0.2) is 109 Å². The third-order valence-corrected chi connectivity index (χ3v) is 14.7. The molecule has 0 aliphatic rings. The van der Waals surface area contributed by atoms with Gasteiger partial charge in [-0.25, -0.2) is 0 Å². The topological polar surface area (TPSA) is 69.6 Å². The van der Waals surface area contributed by atoms with Crippen LogP contribution in [0.1, 0.15) is 322 Å². The van der Waals surface area contributed by atoms with Crippen molar-refractivity contribution in [1.29, 1.82) is 0 Å². The van der Waals surface area contributed by atoms with E-state index in [1.807, 2.05) is 6.08 Å². The van der Waals surface area contributed by atoms with Crippen molar-refractivity contribution in [3.63, 3.8) is 0 Å². The summed E-state index contributed by atoms with van der Waals surface area (Å²) in [7, 11) is 0. The van der Waals surface area contributed by atoms with Crippen LogP contribution in [0.25, 0.3) is 0 Å². The predicted octanol–water partition coefficient (Wildman–Crippen LogP) is 22.6. The Bertz CT molecular complexity index is 1430. The predicted molar refractivity (Wildman–Crippen MR) is 340 cm³/mol. The van der Waals surface area contributed by atoms with E-state index >= 15 is 0 Å². The van der Waals surface area contributed by atoms with Crippen LogP contribution in [0.2, 0.25) is 0 Å². The van der Waals surface area contributed by atoms with E-state index in [2.05, 4.69) is 116 Å². The normalized spacial score (nSPS) is 13.5. The molecule has 0 aromatic carbocycles. The first kappa shape index (κ1) is 73.0. The number of carbonyl (C=O) groups excluding carboxylic acids is 1. The first-order valence-corrected chi connectivity index (χ1v) is 33.1. The Morgan fingerprint density at radius 1 is 0.329 bits per heavy atom. The molecule has 1 amide bonds. The highest BCUT2D eigenvalue weighted by Crippen LogP contribution is 2.17. The summed E-state index contributed by atoms with van der Waals surface area (Å²) in [5.74, 6) is -0.0779. The van der Waals surface area contributed by atoms with Crippen molar-refractivity contribution in [1.82, 2.24) is 5.32 Å². The number of hydrogen-bond donors (Lipinski definition) is 3. The number of nitrogens with one attached hydrogen (secondary N) is 1. The molecule has 4 nitrogen and oxygen atoms in total. The molecule has 0 aliphatic heterocycles. The van der Waals surface area contributed by atoms with Gasteiger partial charge in [0.15, 0.2) is 0 Å². The van der Waals surface area contributed by atoms with Gasteiger partial charge in [-0.1, -0.05) is 329 Å². The molecule has 0 heterocycles. The van der Waals surface area contributed by atoms with Gasteiger partial charge in [0.05, 0.1) is 18.8 Å². The largest absolute Gasteiger partial charge is 0.394 e. The molecule has 0 fully saturated rings. The van der Waals surface area contributed by atoms with Crippen molar-refractivity contribution in [2.75, 3.05) is 6.61 Å². The minimum absolute atomic E-state index is 0.0779. The molecule has 0 bridgehead atoms. The van der Waals surface area contributed by atoms with Gasteiger partial charge in [-0.15, -0.1) is 0 Å². The Labute approximate surface area is 474 Å². The van der Waals surface area contributed by atoms with Gasteiger partial charge in [0.1, 0.15) is 0 Å². The highest BCUT2D eigenvalue weighted by atomic mass is 16.3. The maximum absolute atomic E-state index is 12.5. The Kier molecular flexibility index (Phi) is 63.8. The van der Waals surface area contributed by atoms with Crippen LogP contribution < -0.4 is 5.32 Å². The van der Waals surface area contributed by atoms with Gasteiger partial charge in [0.25, 0.3) is 0 Å². The van der Waals surface area contributed by atoms with E-state index in [0.29, 0.717) is 6.42 Å². The molecule has 0 saturated carbocycles. The first-order chi connectivity index (χ1) is 37.7. The maximum atomic E-state index is 12.5. The Morgan fingerprint density at radius 3 is 0.921 bits per heavy atom. The summed E-state index contributed by atoms with van der Waals surface area (Å²) in [4.78, 5) is 12.5. The standard InChI is InChI=1S/C72H127NO3/c1-3-5-7-9-11-13-15-17-19-21-23-25-27-29-31-33-34-35-36-37-38-40-42-44-46-48-50-52-54-56-58-60-62-64-66-68-72(76)73-70(69-74)71(75)67-65-63-61-59-57-55-53-51-49-47-45-43-41-39-32-30-28-26-24-22-20-18-16-14-12-10-8-6-4-2/h5,7,11,13,17,19,23,25,29,31,34-35,49,51,57,59,65,67,70-71,74-75H,3-4,6,8-10,12,14-16,18,20-22,24,26-28,30,32-33,36-48,50,52-56,58,60-64,66,68-69H2,1-2H3,(H,73,76)/b7-5-,13-11-,19-17-,25-23-,31-29-,35-34-,51-49+,59-57+,67-65+. The second-order valence-electron chi connectivity index (χ2n) is 22.1. The number of allylic oxidation sites excluding steroid dienone is 17. The zero-order chi connectivity index (χ0) is 54.8. The fourth-order valence-electron chi connectivity index (χ4n) is 9.75. The zero-order valence-corrected chi connectivity index (χ0v) is 50.5. The smallest absolute Gasteiger partial charge is 0.220 e. The Balaban J connectivity index is 3.54. The van der Waals surface area contributed by atoms with Gasteiger partial charge in [0.2, 0.25) is 5.91 Å². The molecule has 0 rings (SSSR count). The van der Waals surface area contributed by atoms with Gasteiger partial charge in [-0.3, -0.25) is 4.79 Å². The van der Waals surface area contributed by atoms with Crippen LogP contribution in [-0.4, -0.2) is 34.9 Å². The average molecular weight is 1050 g/mol. The van der Waals surface area contributed by atoms with E-state index in [9.17, 15) is 15.0 Å². The molecule has 2 unspecified atom stereocenters. The molecule has 0 aromatic heterocycles. The lowest BCUT2D eigenvalue weighted by Crippen LogP contribution is -2.45. The lowest BCUT2D eigenvalue weighted by atomic mass is 10.0. The first-order valence-electron chi connectivity index (χ1n) is 33.1. The summed E-state index contributed by atoms with van der Waals surface area (Å²) in [6.07, 6.45) is 100. The van der Waals surface area contributed by atoms with Crippen LogP contribution >= 0.6 is 0 Å². The third kappa shape index (κ3) is 61.9. The van der Waals surface area contributed by atoms with Crippen molar-refractivity contribution in [2.24, 2.45) is 0 Å². The average Bonchev–Trinajstić information content (AvgIpc) is 3.42. The fourth-order valence-corrected chi connectivity index (χ4v) is 9.75. The van der Waals surface area contributed by atoms with Crippen LogP contribution in [0.3, 0.4) is 0 Å². The monoisotopic (exact) mass is 1050 g/mol. The molecule has 4 heteroatoms. The SMILES string of the molecule is CC/C=C\C/C=C\C/C=C\C/C=C\C/C=C\C/C=C\CCCCCCCCCCCCCCCCCCC(=O)NC(CO)C(O)/C=C/CC/C=C/CC/C=C/CCCCCCCCCCCCCCCCCCCCC. The lowest BCUT2D eigenvalue weighted by Gasteiger charge is -2.19. The minimum atomic E-state index is -0.877. The molecule has 438 valence electrons. The van der Waals surface area contributed by atoms with E-state index in [-0.39, 0.29) is 12.5 Å². The van der Waals surface area contributed by atoms with Gasteiger partial charge in [-0.2, -0.15) is 0 Å². The van der Waals surface area contributed by atoms with Crippen LogP contribution in [0, 0.1) is 0 Å². The van der Waals surface area contributed by atoms with E-state index in [1.165, 1.54) is 225 Å². The van der Waals surface area contributed by atoms with Crippen molar-refractivity contribution in [2.45, 2.75) is 334 Å². The number of carbonyl (C=O) groups is 1. The Hall–Kier alpha value is -2.95. The summed E-state index contributed by atoms with van der Waals surface area (Å²) in [5, 5.41) is 23.2. The van der Waals surface area contributed by atoms with Crippen LogP contribution in [0.4, 0.5) is 0 Å². The van der Waals surface area contributed by atoms with Crippen molar-refractivity contribution < 1.29 is 15.0 Å². The minimum Gasteiger partial charge on any atom is -0.394 e. The van der Waals surface area contributed by atoms with Crippen LogP contribution in [-0.2, 0) is 4.79 Å². The van der Waals surface area contributed by atoms with Crippen molar-refractivity contribution >= 4 is 5.91 Å². The third-order valence-electron chi connectivity index (χ3n) is 14.7. The summed E-state index contributed by atoms with van der Waals surface area (Å²) < 4.78 is 0. The number of aliphatic hydroxyl groups is 2. The molecule has 2 atom stereocenters. The molecular formula is C72H127NO3. The molecule has 0 aromatic rings. The van der Waals surface area contributed by atoms with Gasteiger partial charge >= 0.3 is 0 Å². The quantitative estimate of drug-likeness (QED) is 0.0420. The summed E-state index contributed by atoms with van der Waals surface area (Å²) in [6, 6.07) is -0.653. The van der Waals surface area contributed by atoms with Gasteiger partial charge < -0.3 is 15.5 Å². The zero-order valence-electron chi connectivity index (χ0n) is 50.5. The number of hydrogen-bond acceptors (Lipinski definition) is 3. The van der Waals surface area contributed by atoms with Gasteiger partial charge in [0, 0.05) is 6.42 Å². The molecule has 76 heavy (non-hydrogen) atoms. The van der Waals surface area contributed by atoms with E-state index < -0.39 is 12.1 Å². The molecule has 0 aliphatic carbocycles. The van der Waals surface area contributed by atoms with Crippen LogP contribution in [0.5, 0.6) is 0 Å². The second kappa shape index (κ2) is 66.3. The molecule has 0 spiro atoms. The van der Waals surface area contributed by atoms with E-state index in [1.54, 1.807) is 6.08 Å². The van der Waals surface area contributed by atoms with Crippen molar-refractivity contribution in [3.05, 3.63) is 109 Å². The Morgan fingerprint density at radius 2 is 0.592 bits per heavy atom. The molecule has 0 radical (unpaired) electrons. The van der Waals surface area contributed by atoms with E-state index in [0.717, 1.165) is 77.0 Å². The lowest BCUT2D eigenvalue weighted by molar-refractivity contribution is -0.123. The number of aliphatic hydroxyl groups excluding tert-OH is 2. The molecule has 0 saturated heterocycles. The second-order valence-corrected chi connectivity index (χ2v) is 22.1. The highest BCUT2D eigenvalue weighted by molar-refractivity contribution is 5.76. The molecular weight excluding hydrogens is 927 g/mol. The fraction of sp³-hybridized carbons (Fsp3) is 0.736. The number of rotatable bonds is 60. The number of unbranched alkanes of at least 4 members (excludes halogenated alkanes) is 37.